The number of esters is 1. The van der Waals surface area contributed by atoms with Gasteiger partial charge in [0.15, 0.2) is 0 Å². The Kier molecular flexibility index (Phi) is 4.89. The molecule has 0 bridgehead atoms. The molecule has 0 saturated heterocycles. The van der Waals surface area contributed by atoms with Crippen LogP contribution >= 0.6 is 11.6 Å². The normalized spacial score (nSPS) is 9.88. The van der Waals surface area contributed by atoms with Gasteiger partial charge in [-0.1, -0.05) is 0 Å². The third-order valence-electron chi connectivity index (χ3n) is 1.84. The second-order valence-corrected chi connectivity index (χ2v) is 3.71. The van der Waals surface area contributed by atoms with Crippen LogP contribution in [-0.2, 0) is 9.53 Å². The minimum atomic E-state index is -0.300. The lowest BCUT2D eigenvalue weighted by Gasteiger charge is -2.11. The van der Waals surface area contributed by atoms with E-state index in [0.717, 1.165) is 0 Å². The van der Waals surface area contributed by atoms with E-state index in [2.05, 4.69) is 25.0 Å². The smallest absolute Gasteiger partial charge is 0.307 e. The van der Waals surface area contributed by atoms with Crippen molar-refractivity contribution in [1.29, 1.82) is 0 Å². The van der Waals surface area contributed by atoms with Crippen LogP contribution in [0.3, 0.4) is 0 Å². The fourth-order valence-corrected chi connectivity index (χ4v) is 1.15. The molecule has 94 valence electrons. The molecule has 0 unspecified atom stereocenters. The molecule has 0 aromatic carbocycles. The number of aromatic nitrogens is 3. The number of halogens is 1. The summed E-state index contributed by atoms with van der Waals surface area (Å²) in [6.07, 6.45) is 0.233. The summed E-state index contributed by atoms with van der Waals surface area (Å²) in [6, 6.07) is 0. The van der Waals surface area contributed by atoms with Crippen LogP contribution in [0.4, 0.5) is 11.9 Å². The van der Waals surface area contributed by atoms with Crippen LogP contribution in [0.2, 0.25) is 5.28 Å². The van der Waals surface area contributed by atoms with Crippen LogP contribution in [0.25, 0.3) is 0 Å². The van der Waals surface area contributed by atoms with E-state index in [4.69, 9.17) is 11.6 Å². The number of carbonyl (C=O) groups is 1. The molecule has 7 nitrogen and oxygen atoms in total. The first-order chi connectivity index (χ1) is 8.02. The molecule has 0 spiro atoms. The molecule has 0 aliphatic carbocycles. The van der Waals surface area contributed by atoms with E-state index in [1.807, 2.05) is 0 Å². The Balaban J connectivity index is 2.62. The number of nitrogens with one attached hydrogen (secondary N) is 1. The zero-order valence-corrected chi connectivity index (χ0v) is 10.7. The van der Waals surface area contributed by atoms with Crippen molar-refractivity contribution in [2.75, 3.05) is 38.0 Å². The van der Waals surface area contributed by atoms with E-state index >= 15 is 0 Å². The fourth-order valence-electron chi connectivity index (χ4n) is 0.997. The van der Waals surface area contributed by atoms with Crippen molar-refractivity contribution >= 4 is 29.5 Å². The summed E-state index contributed by atoms with van der Waals surface area (Å²) in [5.41, 5.74) is 0. The van der Waals surface area contributed by atoms with E-state index in [9.17, 15) is 4.79 Å². The highest BCUT2D eigenvalue weighted by molar-refractivity contribution is 6.28. The first-order valence-electron chi connectivity index (χ1n) is 4.92. The van der Waals surface area contributed by atoms with Crippen LogP contribution in [0.15, 0.2) is 0 Å². The van der Waals surface area contributed by atoms with Gasteiger partial charge in [-0.3, -0.25) is 4.79 Å². The van der Waals surface area contributed by atoms with E-state index < -0.39 is 0 Å². The number of carbonyl (C=O) groups excluding carboxylic acids is 1. The number of rotatable bonds is 5. The van der Waals surface area contributed by atoms with Crippen LogP contribution in [0.5, 0.6) is 0 Å². The number of hydrogen-bond acceptors (Lipinski definition) is 7. The monoisotopic (exact) mass is 259 g/mol. The zero-order chi connectivity index (χ0) is 12.8. The molecule has 0 saturated carbocycles. The summed E-state index contributed by atoms with van der Waals surface area (Å²) >= 11 is 5.74. The van der Waals surface area contributed by atoms with Crippen LogP contribution in [0.1, 0.15) is 6.42 Å². The average Bonchev–Trinajstić information content (AvgIpc) is 2.28. The van der Waals surface area contributed by atoms with Gasteiger partial charge in [-0.15, -0.1) is 0 Å². The Bertz CT molecular complexity index is 399. The lowest BCUT2D eigenvalue weighted by atomic mass is 10.4. The fraction of sp³-hybridized carbons (Fsp3) is 0.556. The zero-order valence-electron chi connectivity index (χ0n) is 9.90. The van der Waals surface area contributed by atoms with Gasteiger partial charge in [0.2, 0.25) is 17.2 Å². The maximum absolute atomic E-state index is 10.9. The average molecular weight is 260 g/mol. The lowest BCUT2D eigenvalue weighted by molar-refractivity contribution is -0.140. The van der Waals surface area contributed by atoms with Gasteiger partial charge in [0, 0.05) is 20.6 Å². The summed E-state index contributed by atoms with van der Waals surface area (Å²) in [5.74, 6) is 0.480. The summed E-state index contributed by atoms with van der Waals surface area (Å²) in [4.78, 5) is 24.5. The molecular formula is C9H14ClN5O2. The molecule has 1 aromatic heterocycles. The van der Waals surface area contributed by atoms with Crippen molar-refractivity contribution in [3.8, 4) is 0 Å². The maximum atomic E-state index is 10.9. The number of hydrogen-bond donors (Lipinski definition) is 1. The van der Waals surface area contributed by atoms with E-state index in [0.29, 0.717) is 18.4 Å². The molecule has 0 amide bonds. The van der Waals surface area contributed by atoms with E-state index in [-0.39, 0.29) is 17.7 Å². The van der Waals surface area contributed by atoms with Crippen molar-refractivity contribution in [1.82, 2.24) is 15.0 Å². The molecule has 0 aliphatic rings. The first-order valence-corrected chi connectivity index (χ1v) is 5.30. The number of nitrogens with zero attached hydrogens (tertiary/aromatic N) is 4. The summed E-state index contributed by atoms with van der Waals surface area (Å²) in [6.45, 7) is 0.375. The first kappa shape index (κ1) is 13.4. The Labute approximate surface area is 104 Å². The van der Waals surface area contributed by atoms with Crippen molar-refractivity contribution < 1.29 is 9.53 Å². The van der Waals surface area contributed by atoms with Crippen molar-refractivity contribution in [2.24, 2.45) is 0 Å². The third-order valence-corrected chi connectivity index (χ3v) is 2.01. The highest BCUT2D eigenvalue weighted by atomic mass is 35.5. The Morgan fingerprint density at radius 1 is 1.41 bits per heavy atom. The highest BCUT2D eigenvalue weighted by Gasteiger charge is 2.07. The predicted octanol–water partition coefficient (Wildman–Crippen LogP) is 0.566. The van der Waals surface area contributed by atoms with Gasteiger partial charge in [0.25, 0.3) is 0 Å². The molecule has 0 aliphatic heterocycles. The minimum absolute atomic E-state index is 0.101. The van der Waals surface area contributed by atoms with Crippen LogP contribution in [0, 0.1) is 0 Å². The molecule has 0 radical (unpaired) electrons. The molecule has 0 atom stereocenters. The molecule has 1 N–H and O–H groups in total. The van der Waals surface area contributed by atoms with Gasteiger partial charge >= 0.3 is 5.97 Å². The summed E-state index contributed by atoms with van der Waals surface area (Å²) in [7, 11) is 4.93. The second-order valence-electron chi connectivity index (χ2n) is 3.38. The Hall–Kier alpha value is -1.63. The molecule has 1 aromatic rings. The SMILES string of the molecule is COC(=O)CCNc1nc(Cl)nc(N(C)C)n1. The van der Waals surface area contributed by atoms with Crippen LogP contribution < -0.4 is 10.2 Å². The summed E-state index contributed by atoms with van der Waals surface area (Å²) in [5, 5.41) is 2.97. The topological polar surface area (TPSA) is 80.2 Å². The number of methoxy groups -OCH3 is 1. The second kappa shape index (κ2) is 6.19. The minimum Gasteiger partial charge on any atom is -0.469 e. The van der Waals surface area contributed by atoms with Crippen molar-refractivity contribution in [3.63, 3.8) is 0 Å². The molecule has 17 heavy (non-hydrogen) atoms. The Morgan fingerprint density at radius 2 is 2.12 bits per heavy atom. The predicted molar refractivity (Wildman–Crippen MR) is 64.3 cm³/mol. The standard InChI is InChI=1S/C9H14ClN5O2/c1-15(2)9-13-7(10)12-8(14-9)11-5-4-6(16)17-3/h4-5H2,1-3H3,(H,11,12,13,14). The Morgan fingerprint density at radius 3 is 2.71 bits per heavy atom. The van der Waals surface area contributed by atoms with Gasteiger partial charge in [0.1, 0.15) is 0 Å². The summed E-state index contributed by atoms with van der Waals surface area (Å²) < 4.78 is 4.51. The van der Waals surface area contributed by atoms with Crippen molar-refractivity contribution in [2.45, 2.75) is 6.42 Å². The molecule has 1 rings (SSSR count). The number of anilines is 2. The number of ether oxygens (including phenoxy) is 1. The third kappa shape index (κ3) is 4.39. The lowest BCUT2D eigenvalue weighted by Crippen LogP contribution is -2.16. The van der Waals surface area contributed by atoms with E-state index in [1.165, 1.54) is 7.11 Å². The van der Waals surface area contributed by atoms with E-state index in [1.54, 1.807) is 19.0 Å². The van der Waals surface area contributed by atoms with Gasteiger partial charge in [-0.2, -0.15) is 15.0 Å². The molecule has 1 heterocycles. The highest BCUT2D eigenvalue weighted by Crippen LogP contribution is 2.11. The largest absolute Gasteiger partial charge is 0.469 e. The quantitative estimate of drug-likeness (QED) is 0.774. The molecule has 0 fully saturated rings. The maximum Gasteiger partial charge on any atom is 0.307 e. The van der Waals surface area contributed by atoms with Gasteiger partial charge in [-0.05, 0) is 11.6 Å². The molecular weight excluding hydrogens is 246 g/mol. The van der Waals surface area contributed by atoms with Crippen LogP contribution in [-0.4, -0.2) is 48.7 Å². The van der Waals surface area contributed by atoms with Gasteiger partial charge in [-0.25, -0.2) is 0 Å². The van der Waals surface area contributed by atoms with Gasteiger partial charge < -0.3 is 15.0 Å². The van der Waals surface area contributed by atoms with Gasteiger partial charge in [0.05, 0.1) is 13.5 Å². The molecule has 8 heteroatoms. The van der Waals surface area contributed by atoms with Crippen molar-refractivity contribution in [3.05, 3.63) is 5.28 Å².